The molecule has 1 N–H and O–H groups in total. The van der Waals surface area contributed by atoms with Gasteiger partial charge in [0.15, 0.2) is 11.5 Å². The first-order valence-corrected chi connectivity index (χ1v) is 12.3. The number of nitrogens with one attached hydrogen (secondary N) is 1. The van der Waals surface area contributed by atoms with Crippen LogP contribution in [0.4, 0.5) is 5.95 Å². The molecule has 1 unspecified atom stereocenters. The highest BCUT2D eigenvalue weighted by Crippen LogP contribution is 2.43. The van der Waals surface area contributed by atoms with Crippen LogP contribution in [0.3, 0.4) is 0 Å². The Kier molecular flexibility index (Phi) is 7.45. The van der Waals surface area contributed by atoms with Crippen LogP contribution in [0.5, 0.6) is 11.5 Å². The lowest BCUT2D eigenvalue weighted by Gasteiger charge is -2.29. The van der Waals surface area contributed by atoms with Gasteiger partial charge in [-0.2, -0.15) is 10.1 Å². The summed E-state index contributed by atoms with van der Waals surface area (Å²) in [6.45, 7) is 10.3. The number of rotatable bonds is 8. The second-order valence-electron chi connectivity index (χ2n) is 8.53. The Morgan fingerprint density at radius 2 is 1.97 bits per heavy atom. The third kappa shape index (κ3) is 5.19. The maximum Gasteiger partial charge on any atom is 0.338 e. The van der Waals surface area contributed by atoms with Gasteiger partial charge in [0.05, 0.1) is 22.8 Å². The molecule has 2 aromatic carbocycles. The second-order valence-corrected chi connectivity index (χ2v) is 9.38. The number of ether oxygens (including phenoxy) is 3. The van der Waals surface area contributed by atoms with Crippen LogP contribution in [0.2, 0.25) is 0 Å². The number of carbonyl (C=O) groups is 1. The van der Waals surface area contributed by atoms with Crippen molar-refractivity contribution >= 4 is 27.8 Å². The predicted octanol–water partition coefficient (Wildman–Crippen LogP) is 5.57. The predicted molar refractivity (Wildman–Crippen MR) is 137 cm³/mol. The number of carbonyl (C=O) groups excluding carboxylic acids is 1. The molecule has 9 heteroatoms. The van der Waals surface area contributed by atoms with Gasteiger partial charge in [0.25, 0.3) is 0 Å². The normalized spacial score (nSPS) is 15.0. The summed E-state index contributed by atoms with van der Waals surface area (Å²) in [4.78, 5) is 17.4. The van der Waals surface area contributed by atoms with E-state index in [0.29, 0.717) is 46.4 Å². The third-order valence-corrected chi connectivity index (χ3v) is 6.23. The molecule has 35 heavy (non-hydrogen) atoms. The number of hydrogen-bond donors (Lipinski definition) is 1. The van der Waals surface area contributed by atoms with E-state index in [1.54, 1.807) is 4.68 Å². The van der Waals surface area contributed by atoms with Gasteiger partial charge in [0.2, 0.25) is 5.95 Å². The van der Waals surface area contributed by atoms with Gasteiger partial charge in [-0.05, 0) is 79.4 Å². The van der Waals surface area contributed by atoms with E-state index in [0.717, 1.165) is 16.7 Å². The summed E-state index contributed by atoms with van der Waals surface area (Å²) in [5, 5.41) is 7.54. The number of aryl methyl sites for hydroxylation is 1. The molecule has 1 aromatic heterocycles. The Balaban J connectivity index is 1.76. The Labute approximate surface area is 213 Å². The average Bonchev–Trinajstić information content (AvgIpc) is 3.26. The fraction of sp³-hybridized carbons (Fsp3) is 0.346. The van der Waals surface area contributed by atoms with Gasteiger partial charge in [-0.15, -0.1) is 0 Å². The molecule has 0 radical (unpaired) electrons. The van der Waals surface area contributed by atoms with E-state index >= 15 is 0 Å². The number of allylic oxidation sites excluding steroid dienone is 1. The lowest BCUT2D eigenvalue weighted by molar-refractivity contribution is -0.143. The fourth-order valence-corrected chi connectivity index (χ4v) is 4.59. The number of aromatic nitrogens is 3. The van der Waals surface area contributed by atoms with Crippen LogP contribution in [0, 0.1) is 6.92 Å². The Morgan fingerprint density at radius 3 is 2.69 bits per heavy atom. The number of hydrogen-bond acceptors (Lipinski definition) is 7. The van der Waals surface area contributed by atoms with Gasteiger partial charge in [0, 0.05) is 5.70 Å². The highest BCUT2D eigenvalue weighted by Gasteiger charge is 2.35. The van der Waals surface area contributed by atoms with Crippen molar-refractivity contribution < 1.29 is 19.0 Å². The molecule has 1 aliphatic heterocycles. The van der Waals surface area contributed by atoms with E-state index in [4.69, 9.17) is 14.2 Å². The smallest absolute Gasteiger partial charge is 0.338 e. The van der Waals surface area contributed by atoms with Crippen LogP contribution >= 0.6 is 15.9 Å². The van der Waals surface area contributed by atoms with Crippen molar-refractivity contribution in [2.45, 2.75) is 53.4 Å². The quantitative estimate of drug-likeness (QED) is 0.373. The number of anilines is 1. The zero-order valence-electron chi connectivity index (χ0n) is 20.5. The van der Waals surface area contributed by atoms with E-state index in [-0.39, 0.29) is 6.10 Å². The minimum absolute atomic E-state index is 0.261. The van der Waals surface area contributed by atoms with Gasteiger partial charge in [-0.25, -0.2) is 9.48 Å². The molecule has 0 bridgehead atoms. The minimum Gasteiger partial charge on any atom is -0.490 e. The molecule has 3 aromatic rings. The van der Waals surface area contributed by atoms with E-state index in [1.165, 1.54) is 6.33 Å². The lowest BCUT2D eigenvalue weighted by Crippen LogP contribution is -2.30. The van der Waals surface area contributed by atoms with Crippen molar-refractivity contribution in [3.05, 3.63) is 75.2 Å². The topological polar surface area (TPSA) is 87.5 Å². The van der Waals surface area contributed by atoms with Crippen molar-refractivity contribution in [2.24, 2.45) is 0 Å². The molecule has 1 aliphatic rings. The molecular formula is C26H29BrN4O4. The molecule has 4 rings (SSSR count). The Morgan fingerprint density at radius 1 is 1.20 bits per heavy atom. The summed E-state index contributed by atoms with van der Waals surface area (Å²) in [5.74, 6) is 1.30. The summed E-state index contributed by atoms with van der Waals surface area (Å²) in [7, 11) is 0. The molecule has 1 atom stereocenters. The SMILES string of the molecule is CCOc1cc(C2C(C(=O)OC(C)C)=C(C)Nc3ncnn32)cc(Br)c1OCc1ccccc1C. The maximum absolute atomic E-state index is 13.1. The minimum atomic E-state index is -0.555. The standard InChI is InChI=1S/C26H29BrN4O4/c1-6-33-21-12-19(11-20(27)24(21)34-13-18-10-8-7-9-16(18)4)23-22(25(32)35-15(2)3)17(5)30-26-28-14-29-31(23)26/h7-12,14-15,23H,6,13H2,1-5H3,(H,28,29,30). The van der Waals surface area contributed by atoms with Crippen LogP contribution in [-0.4, -0.2) is 33.4 Å². The first kappa shape index (κ1) is 24.8. The number of esters is 1. The zero-order valence-corrected chi connectivity index (χ0v) is 22.0. The largest absolute Gasteiger partial charge is 0.490 e. The van der Waals surface area contributed by atoms with Crippen molar-refractivity contribution in [1.82, 2.24) is 14.8 Å². The maximum atomic E-state index is 13.1. The van der Waals surface area contributed by atoms with Crippen molar-refractivity contribution in [1.29, 1.82) is 0 Å². The zero-order chi connectivity index (χ0) is 25.1. The van der Waals surface area contributed by atoms with Gasteiger partial charge in [0.1, 0.15) is 19.0 Å². The number of fused-ring (bicyclic) bond motifs is 1. The van der Waals surface area contributed by atoms with Gasteiger partial charge < -0.3 is 19.5 Å². The van der Waals surface area contributed by atoms with Crippen LogP contribution in [0.25, 0.3) is 0 Å². The summed E-state index contributed by atoms with van der Waals surface area (Å²) < 4.78 is 20.1. The van der Waals surface area contributed by atoms with Gasteiger partial charge >= 0.3 is 5.97 Å². The molecule has 0 saturated carbocycles. The van der Waals surface area contributed by atoms with E-state index in [1.807, 2.05) is 58.0 Å². The molecule has 0 aliphatic carbocycles. The molecule has 8 nitrogen and oxygen atoms in total. The summed E-state index contributed by atoms with van der Waals surface area (Å²) in [6.07, 6.45) is 1.20. The molecule has 0 amide bonds. The molecule has 0 saturated heterocycles. The van der Waals surface area contributed by atoms with Crippen LogP contribution < -0.4 is 14.8 Å². The molecule has 2 heterocycles. The lowest BCUT2D eigenvalue weighted by atomic mass is 9.95. The van der Waals surface area contributed by atoms with Crippen LogP contribution in [-0.2, 0) is 16.1 Å². The van der Waals surface area contributed by atoms with Crippen molar-refractivity contribution in [3.63, 3.8) is 0 Å². The van der Waals surface area contributed by atoms with E-state index in [2.05, 4.69) is 44.3 Å². The fourth-order valence-electron chi connectivity index (χ4n) is 4.01. The first-order chi connectivity index (χ1) is 16.8. The Bertz CT molecular complexity index is 1270. The van der Waals surface area contributed by atoms with E-state index < -0.39 is 12.0 Å². The summed E-state index contributed by atoms with van der Waals surface area (Å²) in [5.41, 5.74) is 4.15. The highest BCUT2D eigenvalue weighted by atomic mass is 79.9. The van der Waals surface area contributed by atoms with Gasteiger partial charge in [-0.1, -0.05) is 24.3 Å². The van der Waals surface area contributed by atoms with Crippen LogP contribution in [0.15, 0.2) is 58.5 Å². The van der Waals surface area contributed by atoms with Gasteiger partial charge in [-0.3, -0.25) is 0 Å². The van der Waals surface area contributed by atoms with Crippen molar-refractivity contribution in [2.75, 3.05) is 11.9 Å². The van der Waals surface area contributed by atoms with E-state index in [9.17, 15) is 4.79 Å². The molecule has 0 spiro atoms. The third-order valence-electron chi connectivity index (χ3n) is 5.64. The van der Waals surface area contributed by atoms with Crippen molar-refractivity contribution in [3.8, 4) is 11.5 Å². The molecule has 0 fully saturated rings. The summed E-state index contributed by atoms with van der Waals surface area (Å²) in [6, 6.07) is 11.3. The monoisotopic (exact) mass is 540 g/mol. The summed E-state index contributed by atoms with van der Waals surface area (Å²) >= 11 is 3.67. The second kappa shape index (κ2) is 10.5. The average molecular weight is 541 g/mol. The molecular weight excluding hydrogens is 512 g/mol. The number of halogens is 1. The van der Waals surface area contributed by atoms with Crippen LogP contribution in [0.1, 0.15) is 50.4 Å². The first-order valence-electron chi connectivity index (χ1n) is 11.5. The highest BCUT2D eigenvalue weighted by molar-refractivity contribution is 9.10. The number of nitrogens with zero attached hydrogens (tertiary/aromatic N) is 3. The Hall–Kier alpha value is -3.33. The number of benzene rings is 2. The molecule has 184 valence electrons.